The number of hydrogen-bond acceptors (Lipinski definition) is 3. The first-order valence-corrected chi connectivity index (χ1v) is 9.29. The number of amides is 1. The summed E-state index contributed by atoms with van der Waals surface area (Å²) in [5, 5.41) is 0. The molecule has 26 heavy (non-hydrogen) atoms. The molecule has 0 spiro atoms. The second-order valence-electron chi connectivity index (χ2n) is 6.65. The minimum absolute atomic E-state index is 0.0304. The van der Waals surface area contributed by atoms with Gasteiger partial charge >= 0.3 is 0 Å². The van der Waals surface area contributed by atoms with E-state index in [4.69, 9.17) is 4.74 Å². The van der Waals surface area contributed by atoms with Crippen molar-refractivity contribution in [3.63, 3.8) is 0 Å². The molecule has 2 aromatic rings. The van der Waals surface area contributed by atoms with Gasteiger partial charge < -0.3 is 9.64 Å². The van der Waals surface area contributed by atoms with E-state index >= 15 is 0 Å². The van der Waals surface area contributed by atoms with Crippen LogP contribution in [0.3, 0.4) is 0 Å². The van der Waals surface area contributed by atoms with Crippen LogP contribution < -0.4 is 4.74 Å². The zero-order valence-electron chi connectivity index (χ0n) is 15.0. The number of carbonyl (C=O) groups is 2. The Morgan fingerprint density at radius 1 is 0.923 bits per heavy atom. The number of piperidine rings is 1. The van der Waals surface area contributed by atoms with Crippen molar-refractivity contribution >= 4 is 11.7 Å². The molecule has 0 N–H and O–H groups in total. The predicted molar refractivity (Wildman–Crippen MR) is 101 cm³/mol. The zero-order chi connectivity index (χ0) is 18.2. The summed E-state index contributed by atoms with van der Waals surface area (Å²) < 4.78 is 5.63. The molecule has 1 amide bonds. The van der Waals surface area contributed by atoms with Gasteiger partial charge in [0.05, 0.1) is 6.61 Å². The van der Waals surface area contributed by atoms with Crippen LogP contribution in [0, 0.1) is 5.92 Å². The predicted octanol–water partition coefficient (Wildman–Crippen LogP) is 3.97. The quantitative estimate of drug-likeness (QED) is 0.560. The lowest BCUT2D eigenvalue weighted by molar-refractivity contribution is -0.132. The summed E-state index contributed by atoms with van der Waals surface area (Å²) >= 11 is 0. The number of para-hydroxylation sites is 1. The van der Waals surface area contributed by atoms with Crippen LogP contribution in [0.4, 0.5) is 0 Å². The molecule has 0 bridgehead atoms. The first kappa shape index (κ1) is 18.2. The summed E-state index contributed by atoms with van der Waals surface area (Å²) in [4.78, 5) is 26.7. The van der Waals surface area contributed by atoms with Crippen LogP contribution in [0.5, 0.6) is 5.75 Å². The molecule has 1 aliphatic rings. The summed E-state index contributed by atoms with van der Waals surface area (Å²) in [6.45, 7) is 1.88. The Labute approximate surface area is 154 Å². The van der Waals surface area contributed by atoms with Crippen molar-refractivity contribution in [1.82, 2.24) is 4.90 Å². The van der Waals surface area contributed by atoms with Crippen LogP contribution >= 0.6 is 0 Å². The molecule has 1 aliphatic heterocycles. The summed E-state index contributed by atoms with van der Waals surface area (Å²) in [6.07, 6.45) is 2.70. The van der Waals surface area contributed by atoms with E-state index in [9.17, 15) is 9.59 Å². The lowest BCUT2D eigenvalue weighted by Gasteiger charge is -2.31. The molecule has 4 heteroatoms. The molecule has 1 fully saturated rings. The van der Waals surface area contributed by atoms with E-state index in [1.807, 2.05) is 65.6 Å². The standard InChI is InChI=1S/C22H25NO3/c24-21(12-7-17-26-20-10-5-2-6-11-20)23-15-13-19(14-16-23)22(25)18-8-3-1-4-9-18/h1-6,8-11,19H,7,12-17H2. The van der Waals surface area contributed by atoms with E-state index < -0.39 is 0 Å². The van der Waals surface area contributed by atoms with Gasteiger partial charge in [-0.15, -0.1) is 0 Å². The average molecular weight is 351 g/mol. The van der Waals surface area contributed by atoms with Gasteiger partial charge in [-0.3, -0.25) is 9.59 Å². The molecule has 1 heterocycles. The number of carbonyl (C=O) groups excluding carboxylic acids is 2. The first-order chi connectivity index (χ1) is 12.7. The van der Waals surface area contributed by atoms with Crippen LogP contribution in [0.25, 0.3) is 0 Å². The molecule has 136 valence electrons. The Morgan fingerprint density at radius 2 is 1.54 bits per heavy atom. The molecule has 0 aromatic heterocycles. The number of ether oxygens (including phenoxy) is 1. The van der Waals surface area contributed by atoms with Crippen LogP contribution in [0.15, 0.2) is 60.7 Å². The van der Waals surface area contributed by atoms with Crippen LogP contribution in [0.2, 0.25) is 0 Å². The van der Waals surface area contributed by atoms with Gasteiger partial charge in [0, 0.05) is 31.0 Å². The van der Waals surface area contributed by atoms with Crippen molar-refractivity contribution in [3.8, 4) is 5.75 Å². The van der Waals surface area contributed by atoms with E-state index in [-0.39, 0.29) is 17.6 Å². The van der Waals surface area contributed by atoms with Gasteiger partial charge in [0.2, 0.25) is 5.91 Å². The van der Waals surface area contributed by atoms with Gasteiger partial charge in [0.15, 0.2) is 5.78 Å². The number of likely N-dealkylation sites (tertiary alicyclic amines) is 1. The third-order valence-corrected chi connectivity index (χ3v) is 4.82. The molecule has 0 atom stereocenters. The Bertz CT molecular complexity index is 707. The van der Waals surface area contributed by atoms with E-state index in [1.54, 1.807) is 0 Å². The minimum atomic E-state index is 0.0304. The largest absolute Gasteiger partial charge is 0.494 e. The fourth-order valence-electron chi connectivity index (χ4n) is 3.32. The number of Topliss-reactive ketones (excluding diaryl/α,β-unsaturated/α-hetero) is 1. The summed E-state index contributed by atoms with van der Waals surface area (Å²) in [5.41, 5.74) is 0.773. The van der Waals surface area contributed by atoms with Gasteiger partial charge in [-0.05, 0) is 31.4 Å². The van der Waals surface area contributed by atoms with Crippen molar-refractivity contribution in [2.24, 2.45) is 5.92 Å². The summed E-state index contributed by atoms with van der Waals surface area (Å²) in [6, 6.07) is 19.1. The molecule has 0 aliphatic carbocycles. The van der Waals surface area contributed by atoms with Crippen molar-refractivity contribution in [1.29, 1.82) is 0 Å². The van der Waals surface area contributed by atoms with Crippen LogP contribution in [-0.2, 0) is 4.79 Å². The smallest absolute Gasteiger partial charge is 0.222 e. The number of nitrogens with zero attached hydrogens (tertiary/aromatic N) is 1. The number of ketones is 1. The molecule has 0 saturated carbocycles. The first-order valence-electron chi connectivity index (χ1n) is 9.29. The van der Waals surface area contributed by atoms with Gasteiger partial charge in [0.25, 0.3) is 0 Å². The average Bonchev–Trinajstić information content (AvgIpc) is 2.72. The van der Waals surface area contributed by atoms with Gasteiger partial charge in [-0.2, -0.15) is 0 Å². The molecule has 1 saturated heterocycles. The van der Waals surface area contributed by atoms with E-state index in [2.05, 4.69) is 0 Å². The van der Waals surface area contributed by atoms with Gasteiger partial charge in [-0.1, -0.05) is 48.5 Å². The fraction of sp³-hybridized carbons (Fsp3) is 0.364. The topological polar surface area (TPSA) is 46.6 Å². The Balaban J connectivity index is 1.37. The second kappa shape index (κ2) is 9.18. The van der Waals surface area contributed by atoms with E-state index in [0.717, 1.165) is 24.2 Å². The molecule has 0 radical (unpaired) electrons. The van der Waals surface area contributed by atoms with E-state index in [0.29, 0.717) is 32.5 Å². The highest BCUT2D eigenvalue weighted by atomic mass is 16.5. The van der Waals surface area contributed by atoms with Gasteiger partial charge in [-0.25, -0.2) is 0 Å². The molecule has 3 rings (SSSR count). The molecule has 0 unspecified atom stereocenters. The SMILES string of the molecule is O=C(c1ccccc1)C1CCN(C(=O)CCCOc2ccccc2)CC1. The van der Waals surface area contributed by atoms with E-state index in [1.165, 1.54) is 0 Å². The normalized spacial score (nSPS) is 14.8. The van der Waals surface area contributed by atoms with Crippen molar-refractivity contribution < 1.29 is 14.3 Å². The third kappa shape index (κ3) is 4.94. The summed E-state index contributed by atoms with van der Waals surface area (Å²) in [5.74, 6) is 1.23. The van der Waals surface area contributed by atoms with Crippen LogP contribution in [0.1, 0.15) is 36.0 Å². The molecule has 4 nitrogen and oxygen atoms in total. The maximum Gasteiger partial charge on any atom is 0.222 e. The fourth-order valence-corrected chi connectivity index (χ4v) is 3.32. The Kier molecular flexibility index (Phi) is 6.42. The Morgan fingerprint density at radius 3 is 2.19 bits per heavy atom. The maximum atomic E-state index is 12.5. The minimum Gasteiger partial charge on any atom is -0.494 e. The monoisotopic (exact) mass is 351 g/mol. The highest BCUT2D eigenvalue weighted by molar-refractivity contribution is 5.98. The molecular formula is C22H25NO3. The van der Waals surface area contributed by atoms with Crippen LogP contribution in [-0.4, -0.2) is 36.3 Å². The van der Waals surface area contributed by atoms with Crippen molar-refractivity contribution in [2.75, 3.05) is 19.7 Å². The number of rotatable bonds is 7. The third-order valence-electron chi connectivity index (χ3n) is 4.82. The zero-order valence-corrected chi connectivity index (χ0v) is 15.0. The lowest BCUT2D eigenvalue weighted by atomic mass is 9.89. The lowest BCUT2D eigenvalue weighted by Crippen LogP contribution is -2.40. The number of hydrogen-bond donors (Lipinski definition) is 0. The van der Waals surface area contributed by atoms with Crippen molar-refractivity contribution in [2.45, 2.75) is 25.7 Å². The van der Waals surface area contributed by atoms with Gasteiger partial charge in [0.1, 0.15) is 5.75 Å². The highest BCUT2D eigenvalue weighted by Gasteiger charge is 2.27. The molecular weight excluding hydrogens is 326 g/mol. The maximum absolute atomic E-state index is 12.5. The summed E-state index contributed by atoms with van der Waals surface area (Å²) in [7, 11) is 0. The molecule has 2 aromatic carbocycles. The van der Waals surface area contributed by atoms with Crippen molar-refractivity contribution in [3.05, 3.63) is 66.2 Å². The Hall–Kier alpha value is -2.62. The second-order valence-corrected chi connectivity index (χ2v) is 6.65. The number of benzene rings is 2. The highest BCUT2D eigenvalue weighted by Crippen LogP contribution is 2.22.